The molecule has 0 saturated heterocycles. The Kier molecular flexibility index (Phi) is 5.87. The zero-order chi connectivity index (χ0) is 27.5. The smallest absolute Gasteiger partial charge is 0.336 e. The third kappa shape index (κ3) is 3.29. The number of hydrogen-bond acceptors (Lipinski definition) is 2. The van der Waals surface area contributed by atoms with Crippen molar-refractivity contribution < 1.29 is 14.7 Å². The highest BCUT2D eigenvalue weighted by Crippen LogP contribution is 2.59. The molecule has 0 aromatic heterocycles. The minimum Gasteiger partial charge on any atom is -0.478 e. The summed E-state index contributed by atoms with van der Waals surface area (Å²) >= 11 is 0. The van der Waals surface area contributed by atoms with Crippen molar-refractivity contribution in [3.8, 4) is 22.3 Å². The van der Waals surface area contributed by atoms with Gasteiger partial charge in [0.1, 0.15) is 0 Å². The molecular formula is C36H34O3. The molecule has 0 aliphatic heterocycles. The van der Waals surface area contributed by atoms with Crippen LogP contribution in [0.4, 0.5) is 0 Å². The van der Waals surface area contributed by atoms with E-state index < -0.39 is 5.97 Å². The molecule has 1 N–H and O–H groups in total. The summed E-state index contributed by atoms with van der Waals surface area (Å²) < 4.78 is 0. The average molecular weight is 515 g/mol. The summed E-state index contributed by atoms with van der Waals surface area (Å²) in [5, 5.41) is 9.68. The number of aromatic carboxylic acids is 1. The van der Waals surface area contributed by atoms with Crippen LogP contribution in [0.2, 0.25) is 0 Å². The number of hydrogen-bond donors (Lipinski definition) is 1. The molecule has 4 aromatic rings. The summed E-state index contributed by atoms with van der Waals surface area (Å²) in [6.45, 7) is 9.07. The van der Waals surface area contributed by atoms with Gasteiger partial charge in [-0.3, -0.25) is 4.79 Å². The molecule has 0 saturated carbocycles. The Morgan fingerprint density at radius 2 is 1.05 bits per heavy atom. The molecule has 2 aliphatic rings. The lowest BCUT2D eigenvalue weighted by atomic mass is 9.71. The quantitative estimate of drug-likeness (QED) is 0.251. The molecule has 2 aliphatic carbocycles. The summed E-state index contributed by atoms with van der Waals surface area (Å²) in [6.07, 6.45) is 3.92. The molecule has 3 nitrogen and oxygen atoms in total. The van der Waals surface area contributed by atoms with Crippen LogP contribution in [0.25, 0.3) is 22.3 Å². The predicted octanol–water partition coefficient (Wildman–Crippen LogP) is 8.79. The Labute approximate surface area is 230 Å². The van der Waals surface area contributed by atoms with Gasteiger partial charge >= 0.3 is 5.97 Å². The number of fused-ring (bicyclic) bond motifs is 6. The molecular weight excluding hydrogens is 480 g/mol. The first-order valence-corrected chi connectivity index (χ1v) is 14.2. The zero-order valence-electron chi connectivity index (χ0n) is 23.1. The summed E-state index contributed by atoms with van der Waals surface area (Å²) in [7, 11) is 0. The zero-order valence-corrected chi connectivity index (χ0v) is 23.1. The number of ketones is 1. The van der Waals surface area contributed by atoms with E-state index >= 15 is 0 Å². The lowest BCUT2D eigenvalue weighted by Crippen LogP contribution is -2.25. The molecule has 0 atom stereocenters. The molecule has 0 fully saturated rings. The van der Waals surface area contributed by atoms with Crippen LogP contribution in [-0.2, 0) is 10.8 Å². The van der Waals surface area contributed by atoms with E-state index in [4.69, 9.17) is 0 Å². The number of rotatable bonds is 7. The first-order chi connectivity index (χ1) is 18.9. The van der Waals surface area contributed by atoms with Crippen LogP contribution in [0.15, 0.2) is 78.9 Å². The van der Waals surface area contributed by atoms with Crippen LogP contribution in [-0.4, -0.2) is 16.9 Å². The Morgan fingerprint density at radius 1 is 0.564 bits per heavy atom. The van der Waals surface area contributed by atoms with Gasteiger partial charge in [-0.25, -0.2) is 4.79 Å². The van der Waals surface area contributed by atoms with Gasteiger partial charge in [0.2, 0.25) is 0 Å². The molecule has 6 rings (SSSR count). The number of carbonyl (C=O) groups is 2. The molecule has 0 spiro atoms. The maximum atomic E-state index is 13.6. The highest BCUT2D eigenvalue weighted by Gasteiger charge is 2.46. The minimum atomic E-state index is -1.09. The van der Waals surface area contributed by atoms with Gasteiger partial charge < -0.3 is 5.11 Å². The molecule has 0 heterocycles. The van der Waals surface area contributed by atoms with E-state index in [0.717, 1.165) is 25.7 Å². The average Bonchev–Trinajstić information content (AvgIpc) is 3.42. The second-order valence-electron chi connectivity index (χ2n) is 11.0. The van der Waals surface area contributed by atoms with Crippen molar-refractivity contribution in [1.82, 2.24) is 0 Å². The normalized spacial score (nSPS) is 15.3. The van der Waals surface area contributed by atoms with Crippen LogP contribution in [0, 0.1) is 0 Å². The monoisotopic (exact) mass is 514 g/mol. The van der Waals surface area contributed by atoms with E-state index in [2.05, 4.69) is 70.2 Å². The first-order valence-electron chi connectivity index (χ1n) is 14.2. The number of carboxylic acids is 1. The van der Waals surface area contributed by atoms with Crippen LogP contribution in [0.1, 0.15) is 102 Å². The molecule has 196 valence electrons. The van der Waals surface area contributed by atoms with Crippen LogP contribution in [0.3, 0.4) is 0 Å². The summed E-state index contributed by atoms with van der Waals surface area (Å²) in [6, 6.07) is 26.3. The van der Waals surface area contributed by atoms with Crippen LogP contribution >= 0.6 is 0 Å². The largest absolute Gasteiger partial charge is 0.478 e. The molecule has 3 heteroatoms. The topological polar surface area (TPSA) is 54.4 Å². The van der Waals surface area contributed by atoms with Crippen molar-refractivity contribution in [3.05, 3.63) is 118 Å². The maximum absolute atomic E-state index is 13.6. The van der Waals surface area contributed by atoms with Gasteiger partial charge in [-0.15, -0.1) is 0 Å². The van der Waals surface area contributed by atoms with Gasteiger partial charge in [0.25, 0.3) is 0 Å². The SMILES string of the molecule is CCC1(CC)c2ccccc2-c2cc3c(cc21)-c1ccc(C(=O)c2ccccc2C(=O)O)cc1C3(CC)CC. The Balaban J connectivity index is 1.57. The molecule has 0 unspecified atom stereocenters. The van der Waals surface area contributed by atoms with Crippen molar-refractivity contribution in [2.75, 3.05) is 0 Å². The molecule has 39 heavy (non-hydrogen) atoms. The van der Waals surface area contributed by atoms with Crippen molar-refractivity contribution >= 4 is 11.8 Å². The van der Waals surface area contributed by atoms with Crippen molar-refractivity contribution in [2.24, 2.45) is 0 Å². The molecule has 0 bridgehead atoms. The van der Waals surface area contributed by atoms with Gasteiger partial charge in [0.05, 0.1) is 5.56 Å². The molecule has 0 amide bonds. The maximum Gasteiger partial charge on any atom is 0.336 e. The van der Waals surface area contributed by atoms with Crippen molar-refractivity contribution in [1.29, 1.82) is 0 Å². The lowest BCUT2D eigenvalue weighted by Gasteiger charge is -2.32. The van der Waals surface area contributed by atoms with Gasteiger partial charge in [0.15, 0.2) is 5.78 Å². The van der Waals surface area contributed by atoms with Gasteiger partial charge in [-0.1, -0.05) is 82.3 Å². The summed E-state index contributed by atoms with van der Waals surface area (Å²) in [5.74, 6) is -1.34. The number of carbonyl (C=O) groups excluding carboxylic acids is 1. The fourth-order valence-electron chi connectivity index (χ4n) is 7.63. The third-order valence-corrected chi connectivity index (χ3v) is 9.83. The molecule has 0 radical (unpaired) electrons. The van der Waals surface area contributed by atoms with Gasteiger partial charge in [-0.05, 0) is 94.5 Å². The Bertz CT molecular complexity index is 1650. The van der Waals surface area contributed by atoms with E-state index in [1.807, 2.05) is 12.1 Å². The Hall–Kier alpha value is -3.98. The second kappa shape index (κ2) is 9.05. The predicted molar refractivity (Wildman–Crippen MR) is 157 cm³/mol. The van der Waals surface area contributed by atoms with Crippen LogP contribution in [0.5, 0.6) is 0 Å². The summed E-state index contributed by atoms with van der Waals surface area (Å²) in [4.78, 5) is 25.5. The molecule has 4 aromatic carbocycles. The van der Waals surface area contributed by atoms with Crippen molar-refractivity contribution in [2.45, 2.75) is 64.2 Å². The third-order valence-electron chi connectivity index (χ3n) is 9.83. The fourth-order valence-corrected chi connectivity index (χ4v) is 7.63. The van der Waals surface area contributed by atoms with E-state index in [9.17, 15) is 14.7 Å². The van der Waals surface area contributed by atoms with Crippen molar-refractivity contribution in [3.63, 3.8) is 0 Å². The number of carboxylic acid groups (broad SMARTS) is 1. The second-order valence-corrected chi connectivity index (χ2v) is 11.0. The van der Waals surface area contributed by atoms with Gasteiger partial charge in [-0.2, -0.15) is 0 Å². The Morgan fingerprint density at radius 3 is 1.64 bits per heavy atom. The summed E-state index contributed by atoms with van der Waals surface area (Å²) in [5.41, 5.74) is 11.1. The van der Waals surface area contributed by atoms with Gasteiger partial charge in [0, 0.05) is 22.0 Å². The standard InChI is InChI=1S/C36H34O3/c1-5-35(6-2)29-16-12-11-13-23(29)27-20-32-28(21-31(27)35)24-18-17-22(19-30(24)36(32,7-3)8-4)33(37)25-14-9-10-15-26(25)34(38)39/h9-21H,5-8H2,1-4H3,(H,38,39). The fraction of sp³-hybridized carbons (Fsp3) is 0.278. The lowest BCUT2D eigenvalue weighted by molar-refractivity contribution is 0.0692. The van der Waals surface area contributed by atoms with E-state index in [-0.39, 0.29) is 27.7 Å². The minimum absolute atomic E-state index is 0.00124. The van der Waals surface area contributed by atoms with E-state index in [1.54, 1.807) is 18.2 Å². The van der Waals surface area contributed by atoms with Crippen LogP contribution < -0.4 is 0 Å². The van der Waals surface area contributed by atoms with E-state index in [0.29, 0.717) is 5.56 Å². The first kappa shape index (κ1) is 25.3. The number of benzene rings is 4. The highest BCUT2D eigenvalue weighted by atomic mass is 16.4. The van der Waals surface area contributed by atoms with E-state index in [1.165, 1.54) is 50.6 Å². The highest BCUT2D eigenvalue weighted by molar-refractivity contribution is 6.14.